The summed E-state index contributed by atoms with van der Waals surface area (Å²) in [6, 6.07) is 6.28. The highest BCUT2D eigenvalue weighted by Gasteiger charge is 2.18. The topological polar surface area (TPSA) is 55.7 Å². The number of ether oxygens (including phenoxy) is 1. The molecule has 0 spiro atoms. The monoisotopic (exact) mass is 300 g/mol. The van der Waals surface area contributed by atoms with Crippen molar-refractivity contribution in [3.8, 4) is 17.2 Å². The van der Waals surface area contributed by atoms with Gasteiger partial charge >= 0.3 is 0 Å². The van der Waals surface area contributed by atoms with Gasteiger partial charge in [0.05, 0.1) is 23.9 Å². The van der Waals surface area contributed by atoms with E-state index < -0.39 is 0 Å². The molecule has 0 unspecified atom stereocenters. The SMILES string of the molecule is Cc1[nH]nc(-c2nccn2-c2ccc3c(c2)COC3)c1Cl. The highest BCUT2D eigenvalue weighted by atomic mass is 35.5. The maximum Gasteiger partial charge on any atom is 0.166 e. The number of fused-ring (bicyclic) bond motifs is 1. The number of H-pyrrole nitrogens is 1. The van der Waals surface area contributed by atoms with Gasteiger partial charge in [-0.1, -0.05) is 17.7 Å². The van der Waals surface area contributed by atoms with E-state index >= 15 is 0 Å². The van der Waals surface area contributed by atoms with Gasteiger partial charge in [-0.2, -0.15) is 5.10 Å². The molecule has 3 heterocycles. The Kier molecular flexibility index (Phi) is 2.83. The van der Waals surface area contributed by atoms with E-state index in [1.54, 1.807) is 6.20 Å². The zero-order valence-electron chi connectivity index (χ0n) is 11.4. The van der Waals surface area contributed by atoms with Gasteiger partial charge in [-0.15, -0.1) is 0 Å². The Hall–Kier alpha value is -2.11. The summed E-state index contributed by atoms with van der Waals surface area (Å²) in [4.78, 5) is 4.40. The number of nitrogens with zero attached hydrogens (tertiary/aromatic N) is 3. The third-order valence-corrected chi connectivity index (χ3v) is 4.17. The van der Waals surface area contributed by atoms with Gasteiger partial charge in [0, 0.05) is 18.1 Å². The molecule has 3 aromatic rings. The molecule has 5 nitrogen and oxygen atoms in total. The molecule has 0 radical (unpaired) electrons. The summed E-state index contributed by atoms with van der Waals surface area (Å²) in [5, 5.41) is 7.75. The summed E-state index contributed by atoms with van der Waals surface area (Å²) in [5.74, 6) is 0.725. The number of halogens is 1. The molecular formula is C15H13ClN4O. The number of aryl methyl sites for hydroxylation is 1. The fraction of sp³-hybridized carbons (Fsp3) is 0.200. The molecule has 6 heteroatoms. The lowest BCUT2D eigenvalue weighted by Crippen LogP contribution is -1.98. The largest absolute Gasteiger partial charge is 0.372 e. The zero-order valence-corrected chi connectivity index (χ0v) is 12.2. The number of rotatable bonds is 2. The molecule has 0 fully saturated rings. The van der Waals surface area contributed by atoms with Gasteiger partial charge in [0.1, 0.15) is 5.69 Å². The van der Waals surface area contributed by atoms with Crippen LogP contribution in [0, 0.1) is 6.92 Å². The number of aromatic nitrogens is 4. The van der Waals surface area contributed by atoms with E-state index in [2.05, 4.69) is 33.4 Å². The lowest BCUT2D eigenvalue weighted by Gasteiger charge is -2.08. The Morgan fingerprint density at radius 2 is 2.14 bits per heavy atom. The summed E-state index contributed by atoms with van der Waals surface area (Å²) >= 11 is 6.29. The van der Waals surface area contributed by atoms with E-state index in [1.807, 2.05) is 17.7 Å². The van der Waals surface area contributed by atoms with Crippen LogP contribution in [0.2, 0.25) is 5.02 Å². The lowest BCUT2D eigenvalue weighted by molar-refractivity contribution is 0.134. The van der Waals surface area contributed by atoms with E-state index in [9.17, 15) is 0 Å². The molecule has 1 aliphatic heterocycles. The van der Waals surface area contributed by atoms with Crippen molar-refractivity contribution in [1.29, 1.82) is 0 Å². The highest BCUT2D eigenvalue weighted by molar-refractivity contribution is 6.33. The van der Waals surface area contributed by atoms with Crippen molar-refractivity contribution in [1.82, 2.24) is 19.7 Å². The highest BCUT2D eigenvalue weighted by Crippen LogP contribution is 2.30. The Morgan fingerprint density at radius 1 is 1.29 bits per heavy atom. The van der Waals surface area contributed by atoms with E-state index in [0.717, 1.165) is 17.2 Å². The van der Waals surface area contributed by atoms with Crippen LogP contribution in [-0.2, 0) is 18.0 Å². The van der Waals surface area contributed by atoms with Crippen LogP contribution < -0.4 is 0 Å². The maximum atomic E-state index is 6.29. The molecule has 1 aliphatic rings. The first-order chi connectivity index (χ1) is 10.2. The molecule has 0 bridgehead atoms. The van der Waals surface area contributed by atoms with Gasteiger partial charge in [-0.3, -0.25) is 9.67 Å². The second-order valence-electron chi connectivity index (χ2n) is 5.08. The number of nitrogens with one attached hydrogen (secondary N) is 1. The molecule has 0 aliphatic carbocycles. The van der Waals surface area contributed by atoms with E-state index in [1.165, 1.54) is 11.1 Å². The average Bonchev–Trinajstić information content (AvgIpc) is 3.19. The van der Waals surface area contributed by atoms with Crippen molar-refractivity contribution in [3.63, 3.8) is 0 Å². The number of hydrogen-bond donors (Lipinski definition) is 1. The van der Waals surface area contributed by atoms with Crippen LogP contribution in [0.25, 0.3) is 17.2 Å². The van der Waals surface area contributed by atoms with Gasteiger partial charge < -0.3 is 4.74 Å². The molecule has 0 saturated heterocycles. The summed E-state index contributed by atoms with van der Waals surface area (Å²) in [6.45, 7) is 3.24. The fourth-order valence-electron chi connectivity index (χ4n) is 2.56. The second kappa shape index (κ2) is 4.72. The Labute approximate surface area is 126 Å². The number of benzene rings is 1. The molecule has 2 aromatic heterocycles. The molecule has 0 saturated carbocycles. The number of hydrogen-bond acceptors (Lipinski definition) is 3. The van der Waals surface area contributed by atoms with E-state index in [4.69, 9.17) is 16.3 Å². The fourth-order valence-corrected chi connectivity index (χ4v) is 2.73. The minimum Gasteiger partial charge on any atom is -0.372 e. The van der Waals surface area contributed by atoms with Gasteiger partial charge in [-0.25, -0.2) is 4.98 Å². The van der Waals surface area contributed by atoms with Crippen molar-refractivity contribution >= 4 is 11.6 Å². The first-order valence-electron chi connectivity index (χ1n) is 6.68. The van der Waals surface area contributed by atoms with Crippen LogP contribution in [0.4, 0.5) is 0 Å². The summed E-state index contributed by atoms with van der Waals surface area (Å²) < 4.78 is 7.45. The predicted octanol–water partition coefficient (Wildman–Crippen LogP) is 3.25. The van der Waals surface area contributed by atoms with Gasteiger partial charge in [0.15, 0.2) is 5.82 Å². The Morgan fingerprint density at radius 3 is 2.95 bits per heavy atom. The Balaban J connectivity index is 1.84. The van der Waals surface area contributed by atoms with Crippen LogP contribution >= 0.6 is 11.6 Å². The minimum absolute atomic E-state index is 0.604. The van der Waals surface area contributed by atoms with Gasteiger partial charge in [-0.05, 0) is 30.2 Å². The van der Waals surface area contributed by atoms with Gasteiger partial charge in [0.25, 0.3) is 0 Å². The third kappa shape index (κ3) is 1.97. The second-order valence-corrected chi connectivity index (χ2v) is 5.46. The first kappa shape index (κ1) is 12.6. The van der Waals surface area contributed by atoms with Crippen LogP contribution in [0.5, 0.6) is 0 Å². The van der Waals surface area contributed by atoms with E-state index in [-0.39, 0.29) is 0 Å². The van der Waals surface area contributed by atoms with Crippen LogP contribution in [0.1, 0.15) is 16.8 Å². The number of imidazole rings is 1. The first-order valence-corrected chi connectivity index (χ1v) is 7.06. The average molecular weight is 301 g/mol. The van der Waals surface area contributed by atoms with Crippen LogP contribution in [0.15, 0.2) is 30.6 Å². The molecule has 4 rings (SSSR count). The summed E-state index contributed by atoms with van der Waals surface area (Å²) in [6.07, 6.45) is 3.66. The Bertz CT molecular complexity index is 821. The zero-order chi connectivity index (χ0) is 14.4. The molecule has 106 valence electrons. The van der Waals surface area contributed by atoms with Crippen molar-refractivity contribution in [2.24, 2.45) is 0 Å². The predicted molar refractivity (Wildman–Crippen MR) is 79.4 cm³/mol. The minimum atomic E-state index is 0.604. The standard InChI is InChI=1S/C15H13ClN4O/c1-9-13(16)14(19-18-9)15-17-4-5-20(15)12-3-2-10-7-21-8-11(10)6-12/h2-6H,7-8H2,1H3,(H,18,19). The summed E-state index contributed by atoms with van der Waals surface area (Å²) in [5.41, 5.74) is 4.99. The molecule has 0 amide bonds. The molecule has 1 aromatic carbocycles. The lowest BCUT2D eigenvalue weighted by atomic mass is 10.1. The normalized spacial score (nSPS) is 13.6. The quantitative estimate of drug-likeness (QED) is 0.790. The molecular weight excluding hydrogens is 288 g/mol. The molecule has 21 heavy (non-hydrogen) atoms. The van der Waals surface area contributed by atoms with Crippen molar-refractivity contribution in [2.75, 3.05) is 0 Å². The van der Waals surface area contributed by atoms with Crippen molar-refractivity contribution < 1.29 is 4.74 Å². The van der Waals surface area contributed by atoms with Crippen molar-refractivity contribution in [2.45, 2.75) is 20.1 Å². The number of aromatic amines is 1. The molecule has 1 N–H and O–H groups in total. The summed E-state index contributed by atoms with van der Waals surface area (Å²) in [7, 11) is 0. The smallest absolute Gasteiger partial charge is 0.166 e. The van der Waals surface area contributed by atoms with E-state index in [0.29, 0.717) is 23.9 Å². The van der Waals surface area contributed by atoms with Crippen LogP contribution in [0.3, 0.4) is 0 Å². The molecule has 0 atom stereocenters. The van der Waals surface area contributed by atoms with Crippen molar-refractivity contribution in [3.05, 3.63) is 52.4 Å². The van der Waals surface area contributed by atoms with Crippen LogP contribution in [-0.4, -0.2) is 19.7 Å². The van der Waals surface area contributed by atoms with Gasteiger partial charge in [0.2, 0.25) is 0 Å². The maximum absolute atomic E-state index is 6.29. The third-order valence-electron chi connectivity index (χ3n) is 3.71.